The molecule has 9 aromatic carbocycles. The summed E-state index contributed by atoms with van der Waals surface area (Å²) < 4.78 is 40.5. The van der Waals surface area contributed by atoms with E-state index in [1.165, 1.54) is 121 Å². The summed E-state index contributed by atoms with van der Waals surface area (Å²) in [5, 5.41) is 9.48. The summed E-state index contributed by atoms with van der Waals surface area (Å²) in [6.07, 6.45) is 15.8. The molecule has 0 aliphatic heterocycles. The molecule has 0 N–H and O–H groups in total. The van der Waals surface area contributed by atoms with Crippen LogP contribution in [0.25, 0.3) is 0 Å². The van der Waals surface area contributed by atoms with E-state index in [0.717, 1.165) is 37.9 Å². The number of hydrogen-bond acceptors (Lipinski definition) is 8. The van der Waals surface area contributed by atoms with Crippen molar-refractivity contribution in [1.29, 1.82) is 0 Å². The van der Waals surface area contributed by atoms with Gasteiger partial charge in [-0.1, -0.05) is 358 Å². The van der Waals surface area contributed by atoms with Crippen molar-refractivity contribution < 1.29 is 66.5 Å². The molecular formula is C101H143NaO8S. The molecule has 0 saturated carbocycles. The number of rotatable bonds is 38. The zero-order valence-corrected chi connectivity index (χ0v) is 74.7. The van der Waals surface area contributed by atoms with Crippen molar-refractivity contribution in [3.05, 3.63) is 316 Å². The molecule has 0 bridgehead atoms. The average molecular weight is 1540 g/mol. The van der Waals surface area contributed by atoms with Crippen LogP contribution in [-0.4, -0.2) is 62.3 Å². The zero-order valence-electron chi connectivity index (χ0n) is 71.8. The van der Waals surface area contributed by atoms with E-state index in [9.17, 15) is 13.5 Å². The van der Waals surface area contributed by atoms with Crippen LogP contribution in [0.2, 0.25) is 0 Å². The van der Waals surface area contributed by atoms with Gasteiger partial charge in [0.2, 0.25) is 0 Å². The molecule has 0 aliphatic carbocycles. The Labute approximate surface area is 699 Å². The first kappa shape index (κ1) is 101. The summed E-state index contributed by atoms with van der Waals surface area (Å²) in [6.45, 7) is 36.0. The summed E-state index contributed by atoms with van der Waals surface area (Å²) in [4.78, 5) is 8.47. The third kappa shape index (κ3) is 42.6. The quantitative estimate of drug-likeness (QED) is 0.0124. The normalized spacial score (nSPS) is 13.5. The third-order valence-corrected chi connectivity index (χ3v) is 22.7. The minimum atomic E-state index is -3.68. The fourth-order valence-electron chi connectivity index (χ4n) is 12.7. The van der Waals surface area contributed by atoms with Gasteiger partial charge >= 0.3 is 29.6 Å². The van der Waals surface area contributed by atoms with Gasteiger partial charge in [0, 0.05) is 13.7 Å². The zero-order chi connectivity index (χ0) is 80.6. The molecule has 10 atom stereocenters. The second-order valence-electron chi connectivity index (χ2n) is 29.7. The first-order valence-corrected chi connectivity index (χ1v) is 42.9. The average Bonchev–Trinajstić information content (AvgIpc) is 0.860. The monoisotopic (exact) mass is 1540 g/mol. The minimum Gasteiger partial charge on any atom is -0.853 e. The first-order chi connectivity index (χ1) is 53.2. The SMILES string of the molecule is CCC(C)c1ccc(C(C)CC)cc1.CCC(C)c1ccc(C(C)CC)cc1.CCC(C)c1ccccc1.CCC(C)c1ccccc1.COCCOCCCCC(CC(C)c1ccccc1)c1ccccc1.COOCC[O-].Cc1ccc(S(=O)(=O)OCCCCC(CC(C)c2ccccc2)c2ccccc2)cc1.[Na+]. The molecule has 0 heterocycles. The number of aryl methyl sites for hydroxylation is 1. The molecular weight excluding hydrogens is 1400 g/mol. The molecule has 0 spiro atoms. The van der Waals surface area contributed by atoms with Gasteiger partial charge in [0.1, 0.15) is 0 Å². The maximum absolute atomic E-state index is 12.3. The Hall–Kier alpha value is -6.31. The van der Waals surface area contributed by atoms with Crippen LogP contribution >= 0.6 is 0 Å². The maximum Gasteiger partial charge on any atom is 1.00 e. The molecule has 0 aromatic heterocycles. The molecule has 9 aromatic rings. The van der Waals surface area contributed by atoms with E-state index in [-0.39, 0.29) is 54.3 Å². The van der Waals surface area contributed by atoms with Crippen molar-refractivity contribution in [3.63, 3.8) is 0 Å². The molecule has 0 radical (unpaired) electrons. The summed E-state index contributed by atoms with van der Waals surface area (Å²) in [7, 11) is -0.604. The number of unbranched alkanes of at least 4 members (excludes halogenated alkanes) is 2. The molecule has 10 heteroatoms. The standard InChI is InChI=1S/C27H32O3S.C23H32O2.2C14H22.2C10H14.C3H7O3.Na/c1-22-16-18-27(19-17-22)31(28,29)30-20-10-9-15-26(25-13-7-4-8-14-25)21-23(2)24-11-5-3-6-12-24;1-20(21-11-5-3-6-12-21)19-23(22-13-7-4-8-14-22)15-9-10-16-25-18-17-24-2;2*1-5-11(3)13-7-9-14(10-8-13)12(4)6-2;2*1-3-9(2)10-7-5-4-6-8-10;1-5-6-3-2-4;/h3-8,11-14,16-19,23,26H,9-10,15,20-21H2,1-2H3;3-8,11-14,20,23H,9-10,15-19H2,1-2H3;2*7-12H,5-6H2,1-4H3;2*4-9H,3H2,1-2H3;2-3H2,1H3;/q;;;;;;-1;+1. The summed E-state index contributed by atoms with van der Waals surface area (Å²) in [5.41, 5.74) is 15.4. The van der Waals surface area contributed by atoms with E-state index in [0.29, 0.717) is 78.8 Å². The Balaban J connectivity index is 0.000000466. The smallest absolute Gasteiger partial charge is 0.853 e. The van der Waals surface area contributed by atoms with Crippen LogP contribution in [0.4, 0.5) is 0 Å². The molecule has 0 amide bonds. The Morgan fingerprint density at radius 3 is 0.847 bits per heavy atom. The maximum atomic E-state index is 12.3. The van der Waals surface area contributed by atoms with E-state index < -0.39 is 10.1 Å². The molecule has 602 valence electrons. The van der Waals surface area contributed by atoms with E-state index in [1.807, 2.05) is 13.0 Å². The van der Waals surface area contributed by atoms with Gasteiger partial charge in [-0.2, -0.15) is 8.42 Å². The second kappa shape index (κ2) is 62.1. The van der Waals surface area contributed by atoms with Gasteiger partial charge in [0.25, 0.3) is 10.1 Å². The van der Waals surface area contributed by atoms with Crippen molar-refractivity contribution in [3.8, 4) is 0 Å². The van der Waals surface area contributed by atoms with Gasteiger partial charge in [-0.15, -0.1) is 6.61 Å². The number of methoxy groups -OCH3 is 1. The number of benzene rings is 9. The predicted molar refractivity (Wildman–Crippen MR) is 468 cm³/mol. The van der Waals surface area contributed by atoms with Crippen molar-refractivity contribution in [1.82, 2.24) is 0 Å². The van der Waals surface area contributed by atoms with E-state index in [4.69, 9.17) is 13.7 Å². The van der Waals surface area contributed by atoms with Gasteiger partial charge in [0.15, 0.2) is 0 Å². The molecule has 10 unspecified atom stereocenters. The third-order valence-electron chi connectivity index (χ3n) is 21.4. The van der Waals surface area contributed by atoms with Crippen LogP contribution < -0.4 is 34.7 Å². The van der Waals surface area contributed by atoms with Crippen molar-refractivity contribution >= 4 is 10.1 Å². The Bertz CT molecular complexity index is 3530. The fraction of sp³-hybridized carbons (Fsp3) is 0.465. The van der Waals surface area contributed by atoms with Crippen LogP contribution in [0.15, 0.2) is 260 Å². The first-order valence-electron chi connectivity index (χ1n) is 41.5. The molecule has 9 rings (SSSR count). The predicted octanol–water partition coefficient (Wildman–Crippen LogP) is 24.4. The molecule has 0 fully saturated rings. The molecule has 111 heavy (non-hydrogen) atoms. The summed E-state index contributed by atoms with van der Waals surface area (Å²) >= 11 is 0. The molecule has 8 nitrogen and oxygen atoms in total. The van der Waals surface area contributed by atoms with Crippen molar-refractivity contribution in [2.45, 2.75) is 258 Å². The molecule has 0 aliphatic rings. The van der Waals surface area contributed by atoms with Gasteiger partial charge in [0.05, 0.1) is 38.4 Å². The van der Waals surface area contributed by atoms with E-state index in [1.54, 1.807) is 31.4 Å². The number of hydrogen-bond donors (Lipinski definition) is 0. The minimum absolute atomic E-state index is 0. The molecule has 0 saturated heterocycles. The van der Waals surface area contributed by atoms with Crippen LogP contribution in [0, 0.1) is 6.92 Å². The van der Waals surface area contributed by atoms with E-state index in [2.05, 4.69) is 331 Å². The Morgan fingerprint density at radius 2 is 0.586 bits per heavy atom. The number of ether oxygens (including phenoxy) is 2. The van der Waals surface area contributed by atoms with Crippen LogP contribution in [0.1, 0.15) is 307 Å². The fourth-order valence-corrected chi connectivity index (χ4v) is 13.6. The summed E-state index contributed by atoms with van der Waals surface area (Å²) in [6, 6.07) is 89.4. The topological polar surface area (TPSA) is 103 Å². The van der Waals surface area contributed by atoms with Gasteiger partial charge in [-0.05, 0) is 211 Å². The Morgan fingerprint density at radius 1 is 0.315 bits per heavy atom. The largest absolute Gasteiger partial charge is 1.00 e. The van der Waals surface area contributed by atoms with Crippen molar-refractivity contribution in [2.24, 2.45) is 0 Å². The van der Waals surface area contributed by atoms with Gasteiger partial charge in [-0.3, -0.25) is 4.18 Å². The summed E-state index contributed by atoms with van der Waals surface area (Å²) in [5.74, 6) is 6.28. The van der Waals surface area contributed by atoms with Gasteiger partial charge < -0.3 is 14.6 Å². The van der Waals surface area contributed by atoms with Crippen LogP contribution in [-0.2, 0) is 33.6 Å². The Kier molecular flexibility index (Phi) is 56.4. The van der Waals surface area contributed by atoms with Gasteiger partial charge in [-0.25, -0.2) is 9.78 Å². The second-order valence-corrected chi connectivity index (χ2v) is 31.3. The van der Waals surface area contributed by atoms with Crippen LogP contribution in [0.5, 0.6) is 0 Å². The van der Waals surface area contributed by atoms with E-state index >= 15 is 0 Å². The van der Waals surface area contributed by atoms with Crippen molar-refractivity contribution in [2.75, 3.05) is 53.9 Å². The van der Waals surface area contributed by atoms with Crippen LogP contribution in [0.3, 0.4) is 0 Å².